The standard InChI is InChI=1S/C36H44ClF3N6O6/c37-27-21-23(20-26(30(27)41)36(38,39)40)22-29(31(47)43-18-11-35(12-19-43,32(48)49)45-13-4-1-5-14-45)52-34(51)44-15-9-25(10-16-44)46-17-8-24-6-2-3-7-28(24)42-33(46)50/h2-3,6-7,20-21,25,29H,1,4-5,8-19,22,41H2,(H,42,50)(H,48,49)/t29-/m1/s1. The van der Waals surface area contributed by atoms with Crippen molar-refractivity contribution >= 4 is 47.0 Å². The molecule has 12 nitrogen and oxygen atoms in total. The highest BCUT2D eigenvalue weighted by Gasteiger charge is 2.48. The van der Waals surface area contributed by atoms with E-state index in [1.807, 2.05) is 29.2 Å². The molecule has 4 N–H and O–H groups in total. The number of nitrogens with one attached hydrogen (secondary N) is 1. The number of aliphatic carboxylic acids is 1. The smallest absolute Gasteiger partial charge is 0.418 e. The third-order valence-electron chi connectivity index (χ3n) is 11.0. The average Bonchev–Trinajstić information content (AvgIpc) is 3.30. The number of ether oxygens (including phenoxy) is 1. The Hall–Kier alpha value is -4.24. The van der Waals surface area contributed by atoms with Crippen LogP contribution in [0.2, 0.25) is 5.02 Å². The van der Waals surface area contributed by atoms with E-state index in [2.05, 4.69) is 5.32 Å². The number of carboxylic acids is 1. The molecule has 4 aliphatic heterocycles. The van der Waals surface area contributed by atoms with Crippen molar-refractivity contribution in [3.63, 3.8) is 0 Å². The molecule has 4 amide bonds. The predicted molar refractivity (Wildman–Crippen MR) is 187 cm³/mol. The van der Waals surface area contributed by atoms with Gasteiger partial charge in [0.25, 0.3) is 5.91 Å². The van der Waals surface area contributed by atoms with Crippen LogP contribution >= 0.6 is 11.6 Å². The van der Waals surface area contributed by atoms with Crippen molar-refractivity contribution < 1.29 is 42.2 Å². The van der Waals surface area contributed by atoms with Gasteiger partial charge >= 0.3 is 24.3 Å². The third kappa shape index (κ3) is 7.89. The number of para-hydroxylation sites is 1. The maximum atomic E-state index is 14.1. The molecule has 0 bridgehead atoms. The number of carbonyl (C=O) groups is 4. The van der Waals surface area contributed by atoms with Gasteiger partial charge in [0.05, 0.1) is 16.3 Å². The minimum Gasteiger partial charge on any atom is -0.480 e. The second-order valence-corrected chi connectivity index (χ2v) is 14.5. The monoisotopic (exact) mass is 748 g/mol. The molecule has 3 saturated heterocycles. The first kappa shape index (κ1) is 37.5. The first-order valence-corrected chi connectivity index (χ1v) is 18.2. The van der Waals surface area contributed by atoms with Crippen LogP contribution in [0.15, 0.2) is 36.4 Å². The van der Waals surface area contributed by atoms with Gasteiger partial charge in [0.15, 0.2) is 6.10 Å². The van der Waals surface area contributed by atoms with Gasteiger partial charge in [0.1, 0.15) is 5.54 Å². The van der Waals surface area contributed by atoms with Crippen molar-refractivity contribution in [3.05, 3.63) is 58.1 Å². The van der Waals surface area contributed by atoms with E-state index in [0.29, 0.717) is 38.9 Å². The number of nitrogens with zero attached hydrogens (tertiary/aromatic N) is 4. The Balaban J connectivity index is 1.16. The Morgan fingerprint density at radius 3 is 2.31 bits per heavy atom. The molecule has 0 radical (unpaired) electrons. The van der Waals surface area contributed by atoms with Crippen LogP contribution in [0.1, 0.15) is 61.6 Å². The van der Waals surface area contributed by atoms with Crippen molar-refractivity contribution in [2.45, 2.75) is 81.6 Å². The molecule has 0 spiro atoms. The Morgan fingerprint density at radius 1 is 0.981 bits per heavy atom. The van der Waals surface area contributed by atoms with E-state index in [0.717, 1.165) is 36.6 Å². The first-order valence-electron chi connectivity index (χ1n) is 17.8. The summed E-state index contributed by atoms with van der Waals surface area (Å²) in [5.41, 5.74) is 4.49. The fraction of sp³-hybridized carbons (Fsp3) is 0.556. The molecule has 6 rings (SSSR count). The summed E-state index contributed by atoms with van der Waals surface area (Å²) in [5, 5.41) is 12.9. The zero-order valence-corrected chi connectivity index (χ0v) is 29.6. The van der Waals surface area contributed by atoms with Gasteiger partial charge in [-0.15, -0.1) is 0 Å². The number of amides is 4. The Kier molecular flexibility index (Phi) is 11.1. The van der Waals surface area contributed by atoms with E-state index >= 15 is 0 Å². The van der Waals surface area contributed by atoms with Crippen LogP contribution in [0, 0.1) is 0 Å². The summed E-state index contributed by atoms with van der Waals surface area (Å²) >= 11 is 6.09. The molecular formula is C36H44ClF3N6O6. The number of hydrogen-bond acceptors (Lipinski definition) is 7. The number of piperidine rings is 3. The van der Waals surface area contributed by atoms with Crippen LogP contribution in [0.25, 0.3) is 0 Å². The minimum absolute atomic E-state index is 0.00485. The van der Waals surface area contributed by atoms with Crippen molar-refractivity contribution in [3.8, 4) is 0 Å². The Morgan fingerprint density at radius 2 is 1.65 bits per heavy atom. The van der Waals surface area contributed by atoms with Crippen molar-refractivity contribution in [1.82, 2.24) is 19.6 Å². The molecule has 0 aliphatic carbocycles. The number of carboxylic acid groups (broad SMARTS) is 1. The lowest BCUT2D eigenvalue weighted by atomic mass is 9.84. The number of likely N-dealkylation sites (tertiary alicyclic amines) is 3. The van der Waals surface area contributed by atoms with Gasteiger partial charge in [-0.1, -0.05) is 36.2 Å². The molecular weight excluding hydrogens is 705 g/mol. The zero-order chi connectivity index (χ0) is 37.2. The lowest BCUT2D eigenvalue weighted by molar-refractivity contribution is -0.160. The van der Waals surface area contributed by atoms with Crippen LogP contribution in [-0.2, 0) is 33.3 Å². The summed E-state index contributed by atoms with van der Waals surface area (Å²) < 4.78 is 47.3. The van der Waals surface area contributed by atoms with Gasteiger partial charge in [0.2, 0.25) is 0 Å². The number of alkyl halides is 3. The average molecular weight is 749 g/mol. The topological polar surface area (TPSA) is 149 Å². The van der Waals surface area contributed by atoms with Crippen LogP contribution in [0.5, 0.6) is 0 Å². The highest BCUT2D eigenvalue weighted by Crippen LogP contribution is 2.39. The first-order chi connectivity index (χ1) is 24.8. The SMILES string of the molecule is Nc1c(Cl)cc(C[C@@H](OC(=O)N2CCC(N3CCc4ccccc4NC3=O)CC2)C(=O)N2CCC(C(=O)O)(N3CCCCC3)CC2)cc1C(F)(F)F. The van der Waals surface area contributed by atoms with Crippen molar-refractivity contribution in [2.75, 3.05) is 56.9 Å². The molecule has 16 heteroatoms. The fourth-order valence-electron chi connectivity index (χ4n) is 8.00. The molecule has 52 heavy (non-hydrogen) atoms. The number of fused-ring (bicyclic) bond motifs is 1. The summed E-state index contributed by atoms with van der Waals surface area (Å²) in [4.78, 5) is 59.9. The molecule has 0 saturated carbocycles. The number of carbonyl (C=O) groups excluding carboxylic acids is 3. The minimum atomic E-state index is -4.82. The van der Waals surface area contributed by atoms with Gasteiger partial charge in [-0.3, -0.25) is 14.5 Å². The molecule has 4 heterocycles. The summed E-state index contributed by atoms with van der Waals surface area (Å²) in [7, 11) is 0. The molecule has 0 unspecified atom stereocenters. The quantitative estimate of drug-likeness (QED) is 0.316. The molecule has 282 valence electrons. The summed E-state index contributed by atoms with van der Waals surface area (Å²) in [6, 6.07) is 9.27. The number of nitrogen functional groups attached to an aromatic ring is 1. The van der Waals surface area contributed by atoms with Crippen LogP contribution < -0.4 is 11.1 Å². The van der Waals surface area contributed by atoms with Gasteiger partial charge in [-0.25, -0.2) is 9.59 Å². The lowest BCUT2D eigenvalue weighted by Crippen LogP contribution is -2.62. The second-order valence-electron chi connectivity index (χ2n) is 14.1. The van der Waals surface area contributed by atoms with Crippen LogP contribution in [0.4, 0.5) is 34.1 Å². The predicted octanol–water partition coefficient (Wildman–Crippen LogP) is 5.48. The number of hydrogen-bond donors (Lipinski definition) is 3. The number of urea groups is 1. The molecule has 2 aromatic rings. The van der Waals surface area contributed by atoms with Gasteiger partial charge in [-0.2, -0.15) is 13.2 Å². The van der Waals surface area contributed by atoms with E-state index in [1.165, 1.54) is 15.9 Å². The molecule has 2 aromatic carbocycles. The van der Waals surface area contributed by atoms with Crippen LogP contribution in [-0.4, -0.2) is 112 Å². The van der Waals surface area contributed by atoms with E-state index in [-0.39, 0.29) is 61.7 Å². The van der Waals surface area contributed by atoms with Crippen molar-refractivity contribution in [2.24, 2.45) is 0 Å². The van der Waals surface area contributed by atoms with E-state index < -0.39 is 53.5 Å². The zero-order valence-electron chi connectivity index (χ0n) is 28.8. The number of nitrogens with two attached hydrogens (primary N) is 1. The van der Waals surface area contributed by atoms with E-state index in [9.17, 15) is 37.5 Å². The van der Waals surface area contributed by atoms with Crippen LogP contribution in [0.3, 0.4) is 0 Å². The maximum Gasteiger partial charge on any atom is 0.418 e. The fourth-order valence-corrected chi connectivity index (χ4v) is 8.24. The van der Waals surface area contributed by atoms with E-state index in [4.69, 9.17) is 22.1 Å². The van der Waals surface area contributed by atoms with Crippen molar-refractivity contribution in [1.29, 1.82) is 0 Å². The Labute approximate surface area is 305 Å². The summed E-state index contributed by atoms with van der Waals surface area (Å²) in [6.07, 6.45) is -2.87. The highest BCUT2D eigenvalue weighted by atomic mass is 35.5. The normalized spacial score (nSPS) is 20.8. The summed E-state index contributed by atoms with van der Waals surface area (Å²) in [6.45, 7) is 2.40. The van der Waals surface area contributed by atoms with Gasteiger partial charge in [0, 0.05) is 50.9 Å². The van der Waals surface area contributed by atoms with Gasteiger partial charge < -0.3 is 35.6 Å². The molecule has 3 fully saturated rings. The van der Waals surface area contributed by atoms with Gasteiger partial charge in [-0.05, 0) is 87.4 Å². The van der Waals surface area contributed by atoms with E-state index in [1.54, 1.807) is 4.90 Å². The highest BCUT2D eigenvalue weighted by molar-refractivity contribution is 6.33. The summed E-state index contributed by atoms with van der Waals surface area (Å²) in [5.74, 6) is -1.59. The maximum absolute atomic E-state index is 14.1. The molecule has 0 aromatic heterocycles. The number of rotatable bonds is 7. The third-order valence-corrected chi connectivity index (χ3v) is 11.3. The second kappa shape index (κ2) is 15.4. The Bertz CT molecular complexity index is 1670. The lowest BCUT2D eigenvalue weighted by Gasteiger charge is -2.47. The largest absolute Gasteiger partial charge is 0.480 e. The number of anilines is 2. The molecule has 1 atom stereocenters. The molecule has 4 aliphatic rings. The number of halogens is 4. The number of benzene rings is 2.